The van der Waals surface area contributed by atoms with Crippen LogP contribution in [0.2, 0.25) is 0 Å². The second-order valence-corrected chi connectivity index (χ2v) is 4.32. The second-order valence-electron chi connectivity index (χ2n) is 4.32. The van der Waals surface area contributed by atoms with E-state index in [4.69, 9.17) is 10.5 Å². The highest BCUT2D eigenvalue weighted by Crippen LogP contribution is 2.30. The lowest BCUT2D eigenvalue weighted by atomic mass is 10.1. The Hall–Kier alpha value is -2.31. The van der Waals surface area contributed by atoms with E-state index < -0.39 is 12.0 Å². The van der Waals surface area contributed by atoms with Gasteiger partial charge in [-0.1, -0.05) is 12.1 Å². The number of hydrogen-bond acceptors (Lipinski definition) is 4. The summed E-state index contributed by atoms with van der Waals surface area (Å²) >= 11 is 0. The lowest BCUT2D eigenvalue weighted by molar-refractivity contribution is -0.145. The number of benzene rings is 1. The molecular weight excluding hydrogens is 271 g/mol. The number of halogens is 3. The molecule has 2 rings (SSSR count). The number of aryl methyl sites for hydroxylation is 2. The van der Waals surface area contributed by atoms with Crippen LogP contribution < -0.4 is 10.5 Å². The Labute approximate surface area is 113 Å². The van der Waals surface area contributed by atoms with Gasteiger partial charge in [0.2, 0.25) is 11.7 Å². The molecule has 0 aliphatic rings. The molecule has 2 N–H and O–H groups in total. The van der Waals surface area contributed by atoms with Gasteiger partial charge in [0.15, 0.2) is 0 Å². The number of nitrogens with zero attached hydrogens (tertiary/aromatic N) is 2. The number of nitrogens with two attached hydrogens (primary N) is 1. The molecule has 20 heavy (non-hydrogen) atoms. The average molecular weight is 283 g/mol. The van der Waals surface area contributed by atoms with Gasteiger partial charge >= 0.3 is 6.18 Å². The molecule has 0 fully saturated rings. The number of anilines is 1. The van der Waals surface area contributed by atoms with Crippen LogP contribution in [0.4, 0.5) is 19.0 Å². The van der Waals surface area contributed by atoms with Crippen LogP contribution in [0, 0.1) is 13.8 Å². The molecule has 0 saturated carbocycles. The standard InChI is InChI=1S/C13H12F3N3O/c1-7-3-4-8(2)9(5-7)20-11-6-10(17)18-12(19-11)13(14,15)16/h3-6H,1-2H3,(H2,17,18,19). The highest BCUT2D eigenvalue weighted by molar-refractivity contribution is 5.40. The van der Waals surface area contributed by atoms with E-state index in [1.807, 2.05) is 13.0 Å². The Morgan fingerprint density at radius 1 is 1.10 bits per heavy atom. The van der Waals surface area contributed by atoms with E-state index in [1.54, 1.807) is 19.1 Å². The summed E-state index contributed by atoms with van der Waals surface area (Å²) in [6.45, 7) is 3.63. The van der Waals surface area contributed by atoms with E-state index >= 15 is 0 Å². The number of nitrogen functional groups attached to an aromatic ring is 1. The smallest absolute Gasteiger partial charge is 0.439 e. The summed E-state index contributed by atoms with van der Waals surface area (Å²) in [5.74, 6) is -1.43. The third-order valence-electron chi connectivity index (χ3n) is 2.53. The molecular formula is C13H12F3N3O. The molecule has 0 saturated heterocycles. The maximum absolute atomic E-state index is 12.6. The molecule has 7 heteroatoms. The summed E-state index contributed by atoms with van der Waals surface area (Å²) in [6, 6.07) is 6.54. The lowest BCUT2D eigenvalue weighted by Gasteiger charge is -2.11. The summed E-state index contributed by atoms with van der Waals surface area (Å²) in [5.41, 5.74) is 7.05. The van der Waals surface area contributed by atoms with E-state index in [9.17, 15) is 13.2 Å². The zero-order chi connectivity index (χ0) is 14.9. The second kappa shape index (κ2) is 4.99. The number of rotatable bonds is 2. The summed E-state index contributed by atoms with van der Waals surface area (Å²) in [5, 5.41) is 0. The highest BCUT2D eigenvalue weighted by atomic mass is 19.4. The van der Waals surface area contributed by atoms with Crippen molar-refractivity contribution in [1.82, 2.24) is 9.97 Å². The van der Waals surface area contributed by atoms with Gasteiger partial charge in [-0.2, -0.15) is 18.2 Å². The molecule has 0 bridgehead atoms. The van der Waals surface area contributed by atoms with E-state index in [1.165, 1.54) is 0 Å². The predicted octanol–water partition coefficient (Wildman–Crippen LogP) is 3.49. The molecule has 1 aromatic heterocycles. The normalized spacial score (nSPS) is 11.4. The maximum atomic E-state index is 12.6. The fourth-order valence-electron chi connectivity index (χ4n) is 1.55. The molecule has 0 radical (unpaired) electrons. The monoisotopic (exact) mass is 283 g/mol. The van der Waals surface area contributed by atoms with Crippen LogP contribution in [0.25, 0.3) is 0 Å². The van der Waals surface area contributed by atoms with Crippen molar-refractivity contribution in [3.8, 4) is 11.6 Å². The first kappa shape index (κ1) is 14.1. The van der Waals surface area contributed by atoms with Crippen LogP contribution >= 0.6 is 0 Å². The van der Waals surface area contributed by atoms with Gasteiger partial charge in [0, 0.05) is 6.07 Å². The van der Waals surface area contributed by atoms with Crippen molar-refractivity contribution in [3.05, 3.63) is 41.2 Å². The summed E-state index contributed by atoms with van der Waals surface area (Å²) in [4.78, 5) is 6.48. The Morgan fingerprint density at radius 2 is 1.80 bits per heavy atom. The SMILES string of the molecule is Cc1ccc(C)c(Oc2cc(N)nc(C(F)(F)F)n2)c1. The first-order valence-electron chi connectivity index (χ1n) is 5.72. The fourth-order valence-corrected chi connectivity index (χ4v) is 1.55. The molecule has 106 valence electrons. The average Bonchev–Trinajstić information content (AvgIpc) is 2.32. The van der Waals surface area contributed by atoms with Crippen molar-refractivity contribution in [2.45, 2.75) is 20.0 Å². The zero-order valence-electron chi connectivity index (χ0n) is 10.8. The molecule has 0 unspecified atom stereocenters. The molecule has 2 aromatic rings. The van der Waals surface area contributed by atoms with Crippen LogP contribution in [0.3, 0.4) is 0 Å². The van der Waals surface area contributed by atoms with Gasteiger partial charge in [-0.25, -0.2) is 4.98 Å². The van der Waals surface area contributed by atoms with E-state index in [2.05, 4.69) is 9.97 Å². The van der Waals surface area contributed by atoms with Crippen molar-refractivity contribution < 1.29 is 17.9 Å². The molecule has 0 amide bonds. The first-order chi connectivity index (χ1) is 9.25. The Balaban J connectivity index is 2.39. The van der Waals surface area contributed by atoms with Crippen molar-refractivity contribution in [1.29, 1.82) is 0 Å². The van der Waals surface area contributed by atoms with E-state index in [0.29, 0.717) is 5.75 Å². The third kappa shape index (κ3) is 3.17. The summed E-state index contributed by atoms with van der Waals surface area (Å²) < 4.78 is 43.2. The van der Waals surface area contributed by atoms with Gasteiger partial charge in [0.1, 0.15) is 11.6 Å². The van der Waals surface area contributed by atoms with Gasteiger partial charge in [0.25, 0.3) is 0 Å². The van der Waals surface area contributed by atoms with Crippen molar-refractivity contribution in [3.63, 3.8) is 0 Å². The maximum Gasteiger partial charge on any atom is 0.451 e. The number of hydrogen-bond donors (Lipinski definition) is 1. The largest absolute Gasteiger partial charge is 0.451 e. The topological polar surface area (TPSA) is 61.0 Å². The quantitative estimate of drug-likeness (QED) is 0.916. The minimum atomic E-state index is -4.67. The Bertz CT molecular complexity index is 641. The van der Waals surface area contributed by atoms with Gasteiger partial charge in [-0.3, -0.25) is 0 Å². The highest BCUT2D eigenvalue weighted by Gasteiger charge is 2.35. The zero-order valence-corrected chi connectivity index (χ0v) is 10.8. The van der Waals surface area contributed by atoms with E-state index in [-0.39, 0.29) is 11.7 Å². The molecule has 1 heterocycles. The van der Waals surface area contributed by atoms with Crippen LogP contribution in [-0.4, -0.2) is 9.97 Å². The Morgan fingerprint density at radius 3 is 2.45 bits per heavy atom. The number of ether oxygens (including phenoxy) is 1. The Kier molecular flexibility index (Phi) is 3.52. The van der Waals surface area contributed by atoms with Crippen molar-refractivity contribution in [2.75, 3.05) is 5.73 Å². The minimum Gasteiger partial charge on any atom is -0.439 e. The molecule has 0 spiro atoms. The third-order valence-corrected chi connectivity index (χ3v) is 2.53. The molecule has 0 aliphatic heterocycles. The minimum absolute atomic E-state index is 0.237. The van der Waals surface area contributed by atoms with Gasteiger partial charge in [0.05, 0.1) is 0 Å². The van der Waals surface area contributed by atoms with Gasteiger partial charge in [-0.05, 0) is 31.0 Å². The summed E-state index contributed by atoms with van der Waals surface area (Å²) in [7, 11) is 0. The molecule has 1 aromatic carbocycles. The summed E-state index contributed by atoms with van der Waals surface area (Å²) in [6.07, 6.45) is -4.67. The predicted molar refractivity (Wildman–Crippen MR) is 67.4 cm³/mol. The fraction of sp³-hybridized carbons (Fsp3) is 0.231. The van der Waals surface area contributed by atoms with Crippen molar-refractivity contribution in [2.24, 2.45) is 0 Å². The van der Waals surface area contributed by atoms with Crippen LogP contribution in [-0.2, 0) is 6.18 Å². The van der Waals surface area contributed by atoms with Gasteiger partial charge < -0.3 is 10.5 Å². The molecule has 4 nitrogen and oxygen atoms in total. The van der Waals surface area contributed by atoms with Crippen LogP contribution in [0.5, 0.6) is 11.6 Å². The van der Waals surface area contributed by atoms with Crippen LogP contribution in [0.15, 0.2) is 24.3 Å². The first-order valence-corrected chi connectivity index (χ1v) is 5.72. The number of alkyl halides is 3. The van der Waals surface area contributed by atoms with Crippen LogP contribution in [0.1, 0.15) is 17.0 Å². The molecule has 0 atom stereocenters. The van der Waals surface area contributed by atoms with Crippen molar-refractivity contribution >= 4 is 5.82 Å². The molecule has 0 aliphatic carbocycles. The van der Waals surface area contributed by atoms with Gasteiger partial charge in [-0.15, -0.1) is 0 Å². The number of aromatic nitrogens is 2. The lowest BCUT2D eigenvalue weighted by Crippen LogP contribution is -2.13. The van der Waals surface area contributed by atoms with E-state index in [0.717, 1.165) is 17.2 Å².